The van der Waals surface area contributed by atoms with Crippen LogP contribution >= 0.6 is 0 Å². The van der Waals surface area contributed by atoms with Crippen molar-refractivity contribution in [2.75, 3.05) is 0 Å². The Balaban J connectivity index is 3.29. The summed E-state index contributed by atoms with van der Waals surface area (Å²) in [4.78, 5) is 10.4. The van der Waals surface area contributed by atoms with Gasteiger partial charge in [0, 0.05) is 6.42 Å². The number of allylic oxidation sites excluding steroid dienone is 6. The maximum atomic E-state index is 10.4. The van der Waals surface area contributed by atoms with Crippen LogP contribution in [-0.4, -0.2) is 11.1 Å². The van der Waals surface area contributed by atoms with Gasteiger partial charge < -0.3 is 5.11 Å². The highest BCUT2D eigenvalue weighted by Crippen LogP contribution is 2.07. The lowest BCUT2D eigenvalue weighted by Gasteiger charge is -1.97. The summed E-state index contributed by atoms with van der Waals surface area (Å²) in [6.07, 6.45) is 29.2. The number of hydrogen-bond acceptors (Lipinski definition) is 1. The molecule has 0 aliphatic heterocycles. The van der Waals surface area contributed by atoms with E-state index in [9.17, 15) is 4.79 Å². The minimum absolute atomic E-state index is 0.304. The fourth-order valence-electron chi connectivity index (χ4n) is 2.54. The molecular weight excluding hydrogens is 296 g/mol. The predicted molar refractivity (Wildman–Crippen MR) is 105 cm³/mol. The summed E-state index contributed by atoms with van der Waals surface area (Å²) in [6.45, 7) is 2.26. The molecule has 2 nitrogen and oxygen atoms in total. The summed E-state index contributed by atoms with van der Waals surface area (Å²) in [5.41, 5.74) is 0. The highest BCUT2D eigenvalue weighted by atomic mass is 16.4. The van der Waals surface area contributed by atoms with Gasteiger partial charge in [-0.3, -0.25) is 4.79 Å². The van der Waals surface area contributed by atoms with E-state index in [1.807, 2.05) is 0 Å². The molecule has 0 aromatic rings. The van der Waals surface area contributed by atoms with Crippen LogP contribution in [0, 0.1) is 0 Å². The Hall–Kier alpha value is -1.31. The maximum Gasteiger partial charge on any atom is 0.303 e. The van der Waals surface area contributed by atoms with Crippen LogP contribution in [0.25, 0.3) is 0 Å². The molecule has 0 spiro atoms. The first-order valence-corrected chi connectivity index (χ1v) is 9.94. The second-order valence-corrected chi connectivity index (χ2v) is 6.44. The SMILES string of the molecule is CCCCCCCCC=CCC=CCC=CCCCCCC(=O)O. The van der Waals surface area contributed by atoms with E-state index in [1.54, 1.807) is 0 Å². The van der Waals surface area contributed by atoms with Gasteiger partial charge in [-0.1, -0.05) is 81.9 Å². The van der Waals surface area contributed by atoms with Crippen molar-refractivity contribution in [1.82, 2.24) is 0 Å². The van der Waals surface area contributed by atoms with Crippen molar-refractivity contribution in [3.8, 4) is 0 Å². The van der Waals surface area contributed by atoms with Crippen molar-refractivity contribution < 1.29 is 9.90 Å². The normalized spacial score (nSPS) is 12.0. The Morgan fingerprint density at radius 3 is 1.67 bits per heavy atom. The van der Waals surface area contributed by atoms with E-state index in [0.29, 0.717) is 6.42 Å². The first-order valence-electron chi connectivity index (χ1n) is 9.94. The summed E-state index contributed by atoms with van der Waals surface area (Å²) >= 11 is 0. The molecule has 0 aliphatic rings. The van der Waals surface area contributed by atoms with Gasteiger partial charge in [0.15, 0.2) is 0 Å². The second kappa shape index (κ2) is 19.7. The van der Waals surface area contributed by atoms with Crippen LogP contribution in [0.3, 0.4) is 0 Å². The predicted octanol–water partition coefficient (Wildman–Crippen LogP) is 7.22. The second-order valence-electron chi connectivity index (χ2n) is 6.44. The van der Waals surface area contributed by atoms with E-state index in [0.717, 1.165) is 38.5 Å². The van der Waals surface area contributed by atoms with Crippen LogP contribution in [0.5, 0.6) is 0 Å². The van der Waals surface area contributed by atoms with Gasteiger partial charge in [0.2, 0.25) is 0 Å². The first-order chi connectivity index (χ1) is 11.8. The number of carboxylic acid groups (broad SMARTS) is 1. The molecule has 1 N–H and O–H groups in total. The molecule has 0 saturated carbocycles. The van der Waals surface area contributed by atoms with E-state index in [-0.39, 0.29) is 0 Å². The molecule has 138 valence electrons. The van der Waals surface area contributed by atoms with Crippen LogP contribution in [-0.2, 0) is 4.79 Å². The van der Waals surface area contributed by atoms with Crippen LogP contribution < -0.4 is 0 Å². The zero-order valence-electron chi connectivity index (χ0n) is 15.7. The molecule has 0 atom stereocenters. The van der Waals surface area contributed by atoms with Gasteiger partial charge in [0.05, 0.1) is 0 Å². The van der Waals surface area contributed by atoms with Crippen molar-refractivity contribution >= 4 is 5.97 Å². The summed E-state index contributed by atoms with van der Waals surface area (Å²) in [5, 5.41) is 8.53. The van der Waals surface area contributed by atoms with E-state index in [2.05, 4.69) is 43.4 Å². The zero-order chi connectivity index (χ0) is 17.7. The van der Waals surface area contributed by atoms with E-state index in [4.69, 9.17) is 5.11 Å². The lowest BCUT2D eigenvalue weighted by atomic mass is 10.1. The largest absolute Gasteiger partial charge is 0.481 e. The van der Waals surface area contributed by atoms with Gasteiger partial charge in [-0.2, -0.15) is 0 Å². The minimum Gasteiger partial charge on any atom is -0.481 e. The van der Waals surface area contributed by atoms with Crippen LogP contribution in [0.4, 0.5) is 0 Å². The highest BCUT2D eigenvalue weighted by Gasteiger charge is 1.94. The van der Waals surface area contributed by atoms with E-state index >= 15 is 0 Å². The Labute approximate surface area is 149 Å². The van der Waals surface area contributed by atoms with Crippen molar-refractivity contribution in [3.63, 3.8) is 0 Å². The lowest BCUT2D eigenvalue weighted by molar-refractivity contribution is -0.137. The van der Waals surface area contributed by atoms with Crippen LogP contribution in [0.2, 0.25) is 0 Å². The minimum atomic E-state index is -0.684. The molecule has 0 radical (unpaired) electrons. The average Bonchev–Trinajstić information content (AvgIpc) is 2.56. The quantitative estimate of drug-likeness (QED) is 0.225. The highest BCUT2D eigenvalue weighted by molar-refractivity contribution is 5.66. The number of carboxylic acids is 1. The molecule has 0 saturated heterocycles. The number of rotatable bonds is 17. The van der Waals surface area contributed by atoms with Crippen molar-refractivity contribution in [1.29, 1.82) is 0 Å². The summed E-state index contributed by atoms with van der Waals surface area (Å²) in [6, 6.07) is 0. The molecule has 0 aromatic carbocycles. The molecule has 24 heavy (non-hydrogen) atoms. The number of aliphatic carboxylic acids is 1. The first kappa shape index (κ1) is 22.7. The number of hydrogen-bond donors (Lipinski definition) is 1. The Kier molecular flexibility index (Phi) is 18.7. The van der Waals surface area contributed by atoms with Crippen molar-refractivity contribution in [2.24, 2.45) is 0 Å². The summed E-state index contributed by atoms with van der Waals surface area (Å²) in [7, 11) is 0. The molecule has 0 amide bonds. The van der Waals surface area contributed by atoms with Crippen LogP contribution in [0.1, 0.15) is 96.8 Å². The Bertz CT molecular complexity index is 353. The summed E-state index contributed by atoms with van der Waals surface area (Å²) < 4.78 is 0. The van der Waals surface area contributed by atoms with Gasteiger partial charge >= 0.3 is 5.97 Å². The van der Waals surface area contributed by atoms with Crippen LogP contribution in [0.15, 0.2) is 36.5 Å². The monoisotopic (exact) mass is 334 g/mol. The molecule has 0 heterocycles. The van der Waals surface area contributed by atoms with E-state index in [1.165, 1.54) is 44.9 Å². The Morgan fingerprint density at radius 2 is 1.12 bits per heavy atom. The van der Waals surface area contributed by atoms with Gasteiger partial charge in [0.1, 0.15) is 0 Å². The summed E-state index contributed by atoms with van der Waals surface area (Å²) in [5.74, 6) is -0.684. The third kappa shape index (κ3) is 20.7. The lowest BCUT2D eigenvalue weighted by Crippen LogP contribution is -1.93. The third-order valence-electron chi connectivity index (χ3n) is 4.03. The van der Waals surface area contributed by atoms with Crippen molar-refractivity contribution in [3.05, 3.63) is 36.5 Å². The maximum absolute atomic E-state index is 10.4. The van der Waals surface area contributed by atoms with Gasteiger partial charge in [-0.15, -0.1) is 0 Å². The smallest absolute Gasteiger partial charge is 0.303 e. The molecular formula is C22H38O2. The fourth-order valence-corrected chi connectivity index (χ4v) is 2.54. The van der Waals surface area contributed by atoms with Gasteiger partial charge in [-0.25, -0.2) is 0 Å². The molecule has 0 unspecified atom stereocenters. The zero-order valence-corrected chi connectivity index (χ0v) is 15.7. The number of unbranched alkanes of at least 4 members (excludes halogenated alkanes) is 9. The Morgan fingerprint density at radius 1 is 0.667 bits per heavy atom. The fraction of sp³-hybridized carbons (Fsp3) is 0.682. The van der Waals surface area contributed by atoms with E-state index < -0.39 is 5.97 Å². The number of carbonyl (C=O) groups is 1. The van der Waals surface area contributed by atoms with Gasteiger partial charge in [-0.05, 0) is 44.9 Å². The topological polar surface area (TPSA) is 37.3 Å². The molecule has 0 rings (SSSR count). The molecule has 0 bridgehead atoms. The standard InChI is InChI=1S/C22H38O2/c1-2-3-4-5-6-7-8-9-10-11-12-13-14-15-16-17-18-19-20-21-22(23)24/h9-10,12-13,15-16H,2-8,11,14,17-21H2,1H3,(H,23,24). The molecule has 2 heteroatoms. The molecule has 0 aromatic heterocycles. The third-order valence-corrected chi connectivity index (χ3v) is 4.03. The van der Waals surface area contributed by atoms with Crippen molar-refractivity contribution in [2.45, 2.75) is 96.8 Å². The molecule has 0 fully saturated rings. The average molecular weight is 335 g/mol. The van der Waals surface area contributed by atoms with Gasteiger partial charge in [0.25, 0.3) is 0 Å². The molecule has 0 aliphatic carbocycles.